The number of fused-ring (bicyclic) bond motifs is 2. The lowest BCUT2D eigenvalue weighted by atomic mass is 10.1. The van der Waals surface area contributed by atoms with Crippen LogP contribution in [0.1, 0.15) is 13.0 Å². The van der Waals surface area contributed by atoms with E-state index >= 15 is 0 Å². The van der Waals surface area contributed by atoms with Gasteiger partial charge in [-0.2, -0.15) is 0 Å². The number of aliphatic hydroxyl groups is 1. The largest absolute Gasteiger partial charge is 0.494 e. The Morgan fingerprint density at radius 1 is 1.19 bits per heavy atom. The van der Waals surface area contributed by atoms with Crippen molar-refractivity contribution in [3.05, 3.63) is 42.7 Å². The van der Waals surface area contributed by atoms with Crippen LogP contribution in [0.3, 0.4) is 0 Å². The lowest BCUT2D eigenvalue weighted by Gasteiger charge is -2.19. The summed E-state index contributed by atoms with van der Waals surface area (Å²) in [6, 6.07) is 9.85. The van der Waals surface area contributed by atoms with Crippen molar-refractivity contribution < 1.29 is 19.3 Å². The van der Waals surface area contributed by atoms with Crippen molar-refractivity contribution in [2.75, 3.05) is 19.8 Å². The number of aliphatic hydroxyl groups excluding tert-OH is 1. The van der Waals surface area contributed by atoms with Crippen LogP contribution in [0.15, 0.2) is 42.7 Å². The first-order valence-corrected chi connectivity index (χ1v) is 9.22. The average Bonchev–Trinajstić information content (AvgIpc) is 3.39. The van der Waals surface area contributed by atoms with E-state index in [9.17, 15) is 5.11 Å². The summed E-state index contributed by atoms with van der Waals surface area (Å²) in [6.07, 6.45) is 2.68. The zero-order valence-electron chi connectivity index (χ0n) is 15.0. The van der Waals surface area contributed by atoms with Crippen molar-refractivity contribution in [2.24, 2.45) is 0 Å². The van der Waals surface area contributed by atoms with E-state index in [4.69, 9.17) is 19.2 Å². The Kier molecular flexibility index (Phi) is 4.07. The molecular weight excluding hydrogens is 346 g/mol. The van der Waals surface area contributed by atoms with E-state index < -0.39 is 6.10 Å². The fraction of sp³-hybridized carbons (Fsp3) is 0.400. The van der Waals surface area contributed by atoms with Crippen LogP contribution in [0.25, 0.3) is 22.4 Å². The molecule has 0 amide bonds. The molecule has 4 heterocycles. The Labute approximate surface area is 156 Å². The fourth-order valence-corrected chi connectivity index (χ4v) is 3.96. The van der Waals surface area contributed by atoms with Crippen LogP contribution in [0, 0.1) is 0 Å². The maximum Gasteiger partial charge on any atom is 0.159 e. The summed E-state index contributed by atoms with van der Waals surface area (Å²) in [7, 11) is 0. The van der Waals surface area contributed by atoms with Gasteiger partial charge in [-0.05, 0) is 31.2 Å². The molecule has 7 heteroatoms. The summed E-state index contributed by atoms with van der Waals surface area (Å²) < 4.78 is 19.1. The summed E-state index contributed by atoms with van der Waals surface area (Å²) in [5.74, 6) is 1.61. The molecule has 0 bridgehead atoms. The van der Waals surface area contributed by atoms with E-state index in [1.54, 1.807) is 6.20 Å². The molecule has 1 N–H and O–H groups in total. The molecule has 140 valence electrons. The average molecular weight is 367 g/mol. The van der Waals surface area contributed by atoms with Crippen molar-refractivity contribution in [3.8, 4) is 17.3 Å². The topological polar surface area (TPSA) is 78.6 Å². The van der Waals surface area contributed by atoms with Crippen LogP contribution in [-0.4, -0.2) is 57.8 Å². The number of rotatable bonds is 4. The third-order valence-corrected chi connectivity index (χ3v) is 5.23. The van der Waals surface area contributed by atoms with Gasteiger partial charge in [0.2, 0.25) is 0 Å². The number of benzene rings is 1. The molecule has 5 rings (SSSR count). The molecule has 27 heavy (non-hydrogen) atoms. The number of ether oxygens (including phenoxy) is 3. The van der Waals surface area contributed by atoms with E-state index in [1.165, 1.54) is 0 Å². The van der Waals surface area contributed by atoms with Crippen molar-refractivity contribution in [2.45, 2.75) is 31.3 Å². The van der Waals surface area contributed by atoms with Crippen LogP contribution in [-0.2, 0) is 9.47 Å². The molecule has 2 saturated heterocycles. The highest BCUT2D eigenvalue weighted by Gasteiger charge is 2.48. The minimum Gasteiger partial charge on any atom is -0.494 e. The summed E-state index contributed by atoms with van der Waals surface area (Å²) in [5, 5.41) is 11.0. The highest BCUT2D eigenvalue weighted by Crippen LogP contribution is 2.36. The quantitative estimate of drug-likeness (QED) is 0.762. The Balaban J connectivity index is 1.49. The minimum absolute atomic E-state index is 0.0255. The summed E-state index contributed by atoms with van der Waals surface area (Å²) in [4.78, 5) is 9.30. The molecule has 2 aliphatic heterocycles. The van der Waals surface area contributed by atoms with E-state index in [0.29, 0.717) is 19.8 Å². The zero-order valence-corrected chi connectivity index (χ0v) is 15.0. The normalized spacial score (nSPS) is 27.2. The van der Waals surface area contributed by atoms with Crippen LogP contribution in [0.2, 0.25) is 0 Å². The number of hydrogen-bond donors (Lipinski definition) is 1. The molecule has 3 aromatic rings. The second-order valence-electron chi connectivity index (χ2n) is 6.87. The molecule has 0 unspecified atom stereocenters. The van der Waals surface area contributed by atoms with Crippen LogP contribution < -0.4 is 4.74 Å². The molecule has 0 aliphatic carbocycles. The Morgan fingerprint density at radius 2 is 2.07 bits per heavy atom. The Bertz CT molecular complexity index is 973. The lowest BCUT2D eigenvalue weighted by Crippen LogP contribution is -2.30. The van der Waals surface area contributed by atoms with Crippen molar-refractivity contribution in [1.29, 1.82) is 0 Å². The second-order valence-corrected chi connectivity index (χ2v) is 6.87. The molecule has 0 radical (unpaired) electrons. The predicted molar refractivity (Wildman–Crippen MR) is 98.7 cm³/mol. The van der Waals surface area contributed by atoms with Gasteiger partial charge in [0, 0.05) is 17.8 Å². The maximum atomic E-state index is 9.98. The molecule has 7 nitrogen and oxygen atoms in total. The van der Waals surface area contributed by atoms with Crippen LogP contribution >= 0.6 is 0 Å². The molecule has 2 aromatic heterocycles. The van der Waals surface area contributed by atoms with Gasteiger partial charge >= 0.3 is 0 Å². The minimum atomic E-state index is -0.565. The van der Waals surface area contributed by atoms with Gasteiger partial charge in [0.25, 0.3) is 0 Å². The number of aromatic nitrogens is 3. The predicted octanol–water partition coefficient (Wildman–Crippen LogP) is 2.20. The van der Waals surface area contributed by atoms with Crippen LogP contribution in [0.4, 0.5) is 0 Å². The van der Waals surface area contributed by atoms with Gasteiger partial charge in [-0.25, -0.2) is 9.97 Å². The number of pyridine rings is 1. The SMILES string of the molecule is CCOc1ccc2nc(-c3nccn3[C@@H]3CO[C@H]4[C@@H]3OC[C@H]4O)ccc2c1. The second kappa shape index (κ2) is 6.60. The van der Waals surface area contributed by atoms with E-state index in [-0.39, 0.29) is 18.2 Å². The molecule has 0 saturated carbocycles. The molecular formula is C20H21N3O4. The van der Waals surface area contributed by atoms with Crippen molar-refractivity contribution in [3.63, 3.8) is 0 Å². The highest BCUT2D eigenvalue weighted by molar-refractivity contribution is 5.82. The zero-order chi connectivity index (χ0) is 18.4. The lowest BCUT2D eigenvalue weighted by molar-refractivity contribution is 0.0172. The van der Waals surface area contributed by atoms with Crippen molar-refractivity contribution in [1.82, 2.24) is 14.5 Å². The first-order valence-electron chi connectivity index (χ1n) is 9.22. The highest BCUT2D eigenvalue weighted by atomic mass is 16.6. The van der Waals surface area contributed by atoms with Gasteiger partial charge in [-0.15, -0.1) is 0 Å². The number of nitrogens with zero attached hydrogens (tertiary/aromatic N) is 3. The third-order valence-electron chi connectivity index (χ3n) is 5.23. The fourth-order valence-electron chi connectivity index (χ4n) is 3.96. The molecule has 1 aromatic carbocycles. The van der Waals surface area contributed by atoms with Gasteiger partial charge in [-0.3, -0.25) is 0 Å². The van der Waals surface area contributed by atoms with E-state index in [0.717, 1.165) is 28.2 Å². The smallest absolute Gasteiger partial charge is 0.159 e. The summed E-state index contributed by atoms with van der Waals surface area (Å²) in [6.45, 7) is 3.40. The first-order chi connectivity index (χ1) is 13.2. The Hall–Kier alpha value is -2.48. The summed E-state index contributed by atoms with van der Waals surface area (Å²) in [5.41, 5.74) is 1.68. The number of imidazole rings is 1. The monoisotopic (exact) mass is 367 g/mol. The Morgan fingerprint density at radius 3 is 2.96 bits per heavy atom. The molecule has 4 atom stereocenters. The van der Waals surface area contributed by atoms with Crippen LogP contribution in [0.5, 0.6) is 5.75 Å². The van der Waals surface area contributed by atoms with Crippen molar-refractivity contribution >= 4 is 10.9 Å². The van der Waals surface area contributed by atoms with Gasteiger partial charge in [0.1, 0.15) is 29.8 Å². The third kappa shape index (κ3) is 2.79. The van der Waals surface area contributed by atoms with Gasteiger partial charge in [0.15, 0.2) is 5.82 Å². The van der Waals surface area contributed by atoms with Gasteiger partial charge < -0.3 is 23.9 Å². The molecule has 2 fully saturated rings. The summed E-state index contributed by atoms with van der Waals surface area (Å²) >= 11 is 0. The molecule has 0 spiro atoms. The standard InChI is InChI=1S/C20H21N3O4/c1-2-25-13-4-6-14-12(9-13)3-5-15(22-14)20-21-7-8-23(20)16-10-26-19-17(24)11-27-18(16)19/h3-9,16-19,24H,2,10-11H2,1H3/t16-,17-,18-,19-/m1/s1. The van der Waals surface area contributed by atoms with Gasteiger partial charge in [0.05, 0.1) is 31.4 Å². The number of hydrogen-bond acceptors (Lipinski definition) is 6. The first kappa shape index (κ1) is 16.7. The van der Waals surface area contributed by atoms with Gasteiger partial charge in [-0.1, -0.05) is 6.07 Å². The molecule has 2 aliphatic rings. The van der Waals surface area contributed by atoms with E-state index in [2.05, 4.69) is 4.98 Å². The maximum absolute atomic E-state index is 9.98. The van der Waals surface area contributed by atoms with E-state index in [1.807, 2.05) is 48.0 Å².